The molecule has 160 valence electrons. The summed E-state index contributed by atoms with van der Waals surface area (Å²) in [6.07, 6.45) is 1.46. The molecule has 1 aliphatic rings. The van der Waals surface area contributed by atoms with E-state index in [1.54, 1.807) is 31.4 Å². The summed E-state index contributed by atoms with van der Waals surface area (Å²) in [4.78, 5) is 28.1. The molecule has 0 saturated heterocycles. The molecule has 0 atom stereocenters. The summed E-state index contributed by atoms with van der Waals surface area (Å²) in [5, 5.41) is 5.58. The van der Waals surface area contributed by atoms with E-state index in [0.717, 1.165) is 11.1 Å². The van der Waals surface area contributed by atoms with Gasteiger partial charge in [0.25, 0.3) is 5.88 Å². The zero-order chi connectivity index (χ0) is 21.8. The van der Waals surface area contributed by atoms with E-state index in [4.69, 9.17) is 19.1 Å². The molecule has 0 radical (unpaired) electrons. The summed E-state index contributed by atoms with van der Waals surface area (Å²) < 4.78 is 12.5. The van der Waals surface area contributed by atoms with Gasteiger partial charge in [-0.2, -0.15) is 0 Å². The second-order valence-electron chi connectivity index (χ2n) is 6.69. The Hall–Kier alpha value is -3.85. The van der Waals surface area contributed by atoms with Gasteiger partial charge in [0.2, 0.25) is 11.7 Å². The second kappa shape index (κ2) is 8.88. The lowest BCUT2D eigenvalue weighted by molar-refractivity contribution is 0.0666. The zero-order valence-electron chi connectivity index (χ0n) is 17.4. The van der Waals surface area contributed by atoms with Crippen LogP contribution < -0.4 is 19.5 Å². The third-order valence-corrected chi connectivity index (χ3v) is 4.53. The Bertz CT molecular complexity index is 1090. The molecule has 0 saturated carbocycles. The van der Waals surface area contributed by atoms with Crippen molar-refractivity contribution in [2.75, 3.05) is 25.5 Å². The maximum absolute atomic E-state index is 12.6. The lowest BCUT2D eigenvalue weighted by Crippen LogP contribution is -2.31. The van der Waals surface area contributed by atoms with Crippen LogP contribution in [0.1, 0.15) is 28.4 Å². The predicted molar refractivity (Wildman–Crippen MR) is 113 cm³/mol. The largest absolute Gasteiger partial charge is 0.497 e. The van der Waals surface area contributed by atoms with Crippen LogP contribution in [-0.2, 0) is 4.84 Å². The number of ketones is 1. The Morgan fingerprint density at radius 2 is 1.81 bits per heavy atom. The highest BCUT2D eigenvalue weighted by Gasteiger charge is 2.29. The van der Waals surface area contributed by atoms with Gasteiger partial charge in [0.1, 0.15) is 25.3 Å². The first-order valence-electron chi connectivity index (χ1n) is 9.73. The first-order valence-corrected chi connectivity index (χ1v) is 9.73. The van der Waals surface area contributed by atoms with E-state index in [0.29, 0.717) is 29.7 Å². The number of carbonyl (C=O) groups is 1. The van der Waals surface area contributed by atoms with Gasteiger partial charge in [-0.3, -0.25) is 4.79 Å². The molecular formula is C22H22N4O5. The van der Waals surface area contributed by atoms with Gasteiger partial charge in [-0.05, 0) is 50.2 Å². The number of nitrogens with zero attached hydrogens (tertiary/aromatic N) is 4. The van der Waals surface area contributed by atoms with E-state index in [-0.39, 0.29) is 18.2 Å². The molecule has 2 aromatic carbocycles. The molecule has 9 heteroatoms. The summed E-state index contributed by atoms with van der Waals surface area (Å²) in [6, 6.07) is 14.5. The maximum atomic E-state index is 12.6. The quantitative estimate of drug-likeness (QED) is 0.516. The molecule has 1 aromatic heterocycles. The highest BCUT2D eigenvalue weighted by atomic mass is 16.7. The van der Waals surface area contributed by atoms with Crippen molar-refractivity contribution in [2.45, 2.75) is 13.8 Å². The number of hydrogen-bond acceptors (Lipinski definition) is 8. The van der Waals surface area contributed by atoms with Crippen LogP contribution in [-0.4, -0.2) is 41.7 Å². The van der Waals surface area contributed by atoms with Crippen molar-refractivity contribution in [3.05, 3.63) is 71.5 Å². The van der Waals surface area contributed by atoms with Crippen molar-refractivity contribution < 1.29 is 23.9 Å². The SMILES string of the molecule is CCOn1cnc2c1OC(c1ccc(C)cc1)=NN2OCC(=O)c1ccc(OC)cc1. The summed E-state index contributed by atoms with van der Waals surface area (Å²) in [7, 11) is 1.57. The summed E-state index contributed by atoms with van der Waals surface area (Å²) in [6.45, 7) is 4.03. The molecule has 2 heterocycles. The van der Waals surface area contributed by atoms with Crippen molar-refractivity contribution in [1.82, 2.24) is 9.71 Å². The van der Waals surface area contributed by atoms with Gasteiger partial charge in [-0.15, -0.1) is 15.0 Å². The molecule has 0 spiro atoms. The van der Waals surface area contributed by atoms with Crippen molar-refractivity contribution in [3.63, 3.8) is 0 Å². The number of hydrogen-bond donors (Lipinski definition) is 0. The zero-order valence-corrected chi connectivity index (χ0v) is 17.4. The van der Waals surface area contributed by atoms with E-state index in [1.807, 2.05) is 38.1 Å². The van der Waals surface area contributed by atoms with Crippen molar-refractivity contribution in [3.8, 4) is 11.6 Å². The Kier molecular flexibility index (Phi) is 5.85. The van der Waals surface area contributed by atoms with E-state index in [2.05, 4.69) is 10.1 Å². The van der Waals surface area contributed by atoms with E-state index >= 15 is 0 Å². The molecular weight excluding hydrogens is 400 g/mol. The number of benzene rings is 2. The maximum Gasteiger partial charge on any atom is 0.284 e. The van der Waals surface area contributed by atoms with Gasteiger partial charge in [0.05, 0.1) is 7.11 Å². The smallest absolute Gasteiger partial charge is 0.284 e. The van der Waals surface area contributed by atoms with Crippen molar-refractivity contribution in [1.29, 1.82) is 0 Å². The van der Waals surface area contributed by atoms with Crippen molar-refractivity contribution in [2.24, 2.45) is 5.10 Å². The number of aryl methyl sites for hydroxylation is 1. The van der Waals surface area contributed by atoms with Gasteiger partial charge in [0, 0.05) is 11.1 Å². The number of fused-ring (bicyclic) bond motifs is 1. The Balaban J connectivity index is 1.57. The Labute approximate surface area is 179 Å². The highest BCUT2D eigenvalue weighted by molar-refractivity contribution is 5.98. The third kappa shape index (κ3) is 4.36. The summed E-state index contributed by atoms with van der Waals surface area (Å²) >= 11 is 0. The monoisotopic (exact) mass is 422 g/mol. The minimum Gasteiger partial charge on any atom is -0.497 e. The van der Waals surface area contributed by atoms with Crippen LogP contribution >= 0.6 is 0 Å². The number of imidazole rings is 1. The van der Waals surface area contributed by atoms with Crippen LogP contribution in [0.25, 0.3) is 0 Å². The van der Waals surface area contributed by atoms with Crippen LogP contribution in [0.5, 0.6) is 11.6 Å². The summed E-state index contributed by atoms with van der Waals surface area (Å²) in [5.74, 6) is 1.35. The molecule has 0 amide bonds. The minimum absolute atomic E-state index is 0.216. The number of ether oxygens (including phenoxy) is 2. The number of Topliss-reactive ketones (excluding diaryl/α,β-unsaturated/α-hetero) is 1. The van der Waals surface area contributed by atoms with Crippen molar-refractivity contribution >= 4 is 17.5 Å². The van der Waals surface area contributed by atoms with Crippen LogP contribution in [0.2, 0.25) is 0 Å². The number of anilines is 1. The fourth-order valence-corrected chi connectivity index (χ4v) is 2.89. The fourth-order valence-electron chi connectivity index (χ4n) is 2.89. The minimum atomic E-state index is -0.238. The average molecular weight is 422 g/mol. The molecule has 9 nitrogen and oxygen atoms in total. The highest BCUT2D eigenvalue weighted by Crippen LogP contribution is 2.32. The van der Waals surface area contributed by atoms with Crippen LogP contribution in [0, 0.1) is 6.92 Å². The molecule has 0 aliphatic carbocycles. The molecule has 3 aromatic rings. The van der Waals surface area contributed by atoms with Gasteiger partial charge < -0.3 is 14.3 Å². The fraction of sp³-hybridized carbons (Fsp3) is 0.227. The Morgan fingerprint density at radius 3 is 2.48 bits per heavy atom. The number of carbonyl (C=O) groups excluding carboxylic acids is 1. The molecule has 1 aliphatic heterocycles. The number of methoxy groups -OCH3 is 1. The predicted octanol–water partition coefficient (Wildman–Crippen LogP) is 3.02. The van der Waals surface area contributed by atoms with E-state index in [9.17, 15) is 4.79 Å². The molecule has 4 rings (SSSR count). The normalized spacial score (nSPS) is 12.6. The van der Waals surface area contributed by atoms with Crippen LogP contribution in [0.15, 0.2) is 60.0 Å². The van der Waals surface area contributed by atoms with Gasteiger partial charge in [0.15, 0.2) is 5.78 Å². The van der Waals surface area contributed by atoms with Crippen LogP contribution in [0.4, 0.5) is 5.82 Å². The molecule has 0 unspecified atom stereocenters. The van der Waals surface area contributed by atoms with Gasteiger partial charge in [-0.25, -0.2) is 9.82 Å². The standard InChI is InChI=1S/C22H22N4O5/c1-4-29-25-14-23-20-22(25)31-21(17-7-5-15(2)6-8-17)24-26(20)30-13-19(27)16-9-11-18(28-3)12-10-16/h5-12,14H,4,13H2,1-3H3. The van der Waals surface area contributed by atoms with Gasteiger partial charge >= 0.3 is 0 Å². The Morgan fingerprint density at radius 1 is 1.06 bits per heavy atom. The topological polar surface area (TPSA) is 87.4 Å². The average Bonchev–Trinajstić information content (AvgIpc) is 3.21. The lowest BCUT2D eigenvalue weighted by atomic mass is 10.1. The first-order chi connectivity index (χ1) is 15.1. The number of hydrazone groups is 1. The van der Waals surface area contributed by atoms with E-state index < -0.39 is 0 Å². The first kappa shape index (κ1) is 20.4. The second-order valence-corrected chi connectivity index (χ2v) is 6.69. The summed E-state index contributed by atoms with van der Waals surface area (Å²) in [5.41, 5.74) is 2.35. The molecule has 0 N–H and O–H groups in total. The molecule has 31 heavy (non-hydrogen) atoms. The number of aromatic nitrogens is 2. The van der Waals surface area contributed by atoms with Crippen LogP contribution in [0.3, 0.4) is 0 Å². The molecule has 0 fully saturated rings. The lowest BCUT2D eigenvalue weighted by Gasteiger charge is -2.23. The third-order valence-electron chi connectivity index (χ3n) is 4.53. The van der Waals surface area contributed by atoms with E-state index in [1.165, 1.54) is 16.2 Å². The van der Waals surface area contributed by atoms with Gasteiger partial charge in [-0.1, -0.05) is 17.7 Å². The molecule has 0 bridgehead atoms. The number of rotatable bonds is 8.